The molecule has 1 N–H and O–H groups in total. The van der Waals surface area contributed by atoms with Crippen LogP contribution in [0.4, 0.5) is 8.78 Å². The fourth-order valence-corrected chi connectivity index (χ4v) is 3.46. The molecule has 2 aromatic rings. The molecular weight excluding hydrogens is 382 g/mol. The van der Waals surface area contributed by atoms with E-state index in [-0.39, 0.29) is 22.3 Å². The first-order chi connectivity index (χ1) is 12.8. The zero-order valence-electron chi connectivity index (χ0n) is 14.9. The number of rotatable bonds is 8. The summed E-state index contributed by atoms with van der Waals surface area (Å²) in [6, 6.07) is 3.91. The summed E-state index contributed by atoms with van der Waals surface area (Å²) in [5.41, 5.74) is -1.28. The molecule has 1 aromatic heterocycles. The SMILES string of the molecule is CCC/C(Sc1n[nH]c(=O)n1-c1ccc(OC)cc1C(F)F)=C(\C)[N+](=O)[O-]. The maximum absolute atomic E-state index is 13.5. The quantitative estimate of drug-likeness (QED) is 0.409. The van der Waals surface area contributed by atoms with Gasteiger partial charge in [-0.1, -0.05) is 13.3 Å². The van der Waals surface area contributed by atoms with Crippen LogP contribution < -0.4 is 10.4 Å². The van der Waals surface area contributed by atoms with Crippen molar-refractivity contribution in [2.45, 2.75) is 38.3 Å². The Balaban J connectivity index is 2.60. The lowest BCUT2D eigenvalue weighted by Crippen LogP contribution is -2.17. The third-order valence-corrected chi connectivity index (χ3v) is 4.92. The molecule has 11 heteroatoms. The first-order valence-corrected chi connectivity index (χ1v) is 8.77. The molecule has 0 saturated carbocycles. The topological polar surface area (TPSA) is 103 Å². The normalized spacial score (nSPS) is 12.2. The highest BCUT2D eigenvalue weighted by molar-refractivity contribution is 8.03. The van der Waals surface area contributed by atoms with Crippen molar-refractivity contribution < 1.29 is 18.4 Å². The van der Waals surface area contributed by atoms with E-state index in [1.165, 1.54) is 26.2 Å². The van der Waals surface area contributed by atoms with Gasteiger partial charge in [-0.2, -0.15) is 0 Å². The van der Waals surface area contributed by atoms with Crippen molar-refractivity contribution in [3.8, 4) is 11.4 Å². The van der Waals surface area contributed by atoms with Gasteiger partial charge >= 0.3 is 5.69 Å². The van der Waals surface area contributed by atoms with Crippen LogP contribution in [0.15, 0.2) is 38.8 Å². The predicted molar refractivity (Wildman–Crippen MR) is 96.2 cm³/mol. The number of halogens is 2. The number of hydrogen-bond acceptors (Lipinski definition) is 6. The van der Waals surface area contributed by atoms with Crippen LogP contribution in [0.25, 0.3) is 5.69 Å². The molecule has 1 aromatic carbocycles. The second-order valence-electron chi connectivity index (χ2n) is 5.49. The van der Waals surface area contributed by atoms with E-state index in [4.69, 9.17) is 4.74 Å². The van der Waals surface area contributed by atoms with E-state index < -0.39 is 22.6 Å². The van der Waals surface area contributed by atoms with Crippen LogP contribution >= 0.6 is 11.8 Å². The van der Waals surface area contributed by atoms with E-state index in [1.807, 2.05) is 6.92 Å². The van der Waals surface area contributed by atoms with Gasteiger partial charge in [-0.3, -0.25) is 10.1 Å². The van der Waals surface area contributed by atoms with Crippen molar-refractivity contribution in [3.63, 3.8) is 0 Å². The minimum atomic E-state index is -2.86. The number of nitro groups is 1. The molecule has 0 amide bonds. The summed E-state index contributed by atoms with van der Waals surface area (Å²) in [6.45, 7) is 3.20. The van der Waals surface area contributed by atoms with Crippen molar-refractivity contribution in [2.24, 2.45) is 0 Å². The molecule has 8 nitrogen and oxygen atoms in total. The minimum Gasteiger partial charge on any atom is -0.497 e. The predicted octanol–water partition coefficient (Wildman–Crippen LogP) is 3.91. The van der Waals surface area contributed by atoms with Gasteiger partial charge in [0.1, 0.15) is 5.75 Å². The van der Waals surface area contributed by atoms with Gasteiger partial charge in [-0.25, -0.2) is 23.2 Å². The molecule has 0 unspecified atom stereocenters. The maximum atomic E-state index is 13.5. The Morgan fingerprint density at radius 1 is 1.48 bits per heavy atom. The fraction of sp³-hybridized carbons (Fsp3) is 0.375. The minimum absolute atomic E-state index is 0.0386. The van der Waals surface area contributed by atoms with Gasteiger partial charge in [-0.05, 0) is 36.4 Å². The second kappa shape index (κ2) is 8.80. The number of aromatic amines is 1. The molecule has 2 rings (SSSR count). The molecule has 1 heterocycles. The Hall–Kier alpha value is -2.69. The third kappa shape index (κ3) is 4.54. The van der Waals surface area contributed by atoms with Gasteiger partial charge < -0.3 is 4.74 Å². The number of H-pyrrole nitrogens is 1. The Labute approximate surface area is 157 Å². The number of methoxy groups -OCH3 is 1. The summed E-state index contributed by atoms with van der Waals surface area (Å²) in [4.78, 5) is 23.2. The Morgan fingerprint density at radius 2 is 2.19 bits per heavy atom. The molecule has 0 bridgehead atoms. The largest absolute Gasteiger partial charge is 0.497 e. The maximum Gasteiger partial charge on any atom is 0.348 e. The summed E-state index contributed by atoms with van der Waals surface area (Å²) >= 11 is 0.905. The molecular formula is C16H18F2N4O4S. The van der Waals surface area contributed by atoms with E-state index in [2.05, 4.69) is 10.2 Å². The average Bonchev–Trinajstić information content (AvgIpc) is 3.00. The van der Waals surface area contributed by atoms with Crippen LogP contribution in [0.2, 0.25) is 0 Å². The molecule has 0 fully saturated rings. The van der Waals surface area contributed by atoms with Crippen LogP contribution in [-0.2, 0) is 0 Å². The van der Waals surface area contributed by atoms with Crippen LogP contribution in [0.5, 0.6) is 5.75 Å². The Morgan fingerprint density at radius 3 is 2.74 bits per heavy atom. The average molecular weight is 400 g/mol. The van der Waals surface area contributed by atoms with E-state index >= 15 is 0 Å². The van der Waals surface area contributed by atoms with E-state index in [1.54, 1.807) is 0 Å². The summed E-state index contributed by atoms with van der Waals surface area (Å²) in [5.74, 6) is 0.218. The van der Waals surface area contributed by atoms with Crippen LogP contribution in [0, 0.1) is 10.1 Å². The van der Waals surface area contributed by atoms with E-state index in [0.717, 1.165) is 22.4 Å². The zero-order valence-corrected chi connectivity index (χ0v) is 15.7. The zero-order chi connectivity index (χ0) is 20.1. The van der Waals surface area contributed by atoms with Crippen molar-refractivity contribution in [2.75, 3.05) is 7.11 Å². The van der Waals surface area contributed by atoms with Crippen molar-refractivity contribution in [3.05, 3.63) is 55.0 Å². The molecule has 0 atom stereocenters. The molecule has 146 valence electrons. The number of alkyl halides is 2. The number of ether oxygens (including phenoxy) is 1. The van der Waals surface area contributed by atoms with Gasteiger partial charge in [0.25, 0.3) is 12.1 Å². The van der Waals surface area contributed by atoms with Crippen molar-refractivity contribution in [1.29, 1.82) is 0 Å². The second-order valence-corrected chi connectivity index (χ2v) is 6.55. The van der Waals surface area contributed by atoms with Gasteiger partial charge in [0, 0.05) is 12.5 Å². The highest BCUT2D eigenvalue weighted by Crippen LogP contribution is 2.34. The summed E-state index contributed by atoms with van der Waals surface area (Å²) in [7, 11) is 1.34. The number of benzene rings is 1. The monoisotopic (exact) mass is 400 g/mol. The third-order valence-electron chi connectivity index (χ3n) is 3.72. The number of thioether (sulfide) groups is 1. The molecule has 27 heavy (non-hydrogen) atoms. The standard InChI is InChI=1S/C16H18F2N4O4S/c1-4-5-13(9(2)22(24)25)27-16-20-19-15(23)21(16)12-7-6-10(26-3)8-11(12)14(17)18/h6-8,14H,4-5H2,1-3H3,(H,19,23)/b13-9-. The number of nitrogens with zero attached hydrogens (tertiary/aromatic N) is 3. The molecule has 0 spiro atoms. The summed E-state index contributed by atoms with van der Waals surface area (Å²) in [6.07, 6.45) is -1.84. The molecule has 0 aliphatic carbocycles. The highest BCUT2D eigenvalue weighted by Gasteiger charge is 2.23. The summed E-state index contributed by atoms with van der Waals surface area (Å²) < 4.78 is 33.0. The van der Waals surface area contributed by atoms with E-state index in [9.17, 15) is 23.7 Å². The molecule has 0 radical (unpaired) electrons. The van der Waals surface area contributed by atoms with Gasteiger partial charge in [0.05, 0.1) is 22.6 Å². The van der Waals surface area contributed by atoms with Gasteiger partial charge in [0.2, 0.25) is 5.16 Å². The number of allylic oxidation sites excluding steroid dienone is 2. The highest BCUT2D eigenvalue weighted by atomic mass is 32.2. The van der Waals surface area contributed by atoms with Crippen molar-refractivity contribution >= 4 is 11.8 Å². The van der Waals surface area contributed by atoms with Crippen LogP contribution in [-0.4, -0.2) is 26.8 Å². The first kappa shape index (κ1) is 20.6. The smallest absolute Gasteiger partial charge is 0.348 e. The molecule has 0 saturated heterocycles. The lowest BCUT2D eigenvalue weighted by atomic mass is 10.1. The molecule has 0 aliphatic rings. The number of aromatic nitrogens is 3. The van der Waals surface area contributed by atoms with Crippen LogP contribution in [0.3, 0.4) is 0 Å². The molecule has 0 aliphatic heterocycles. The Bertz CT molecular complexity index is 923. The number of nitrogens with one attached hydrogen (secondary N) is 1. The lowest BCUT2D eigenvalue weighted by Gasteiger charge is -2.13. The first-order valence-electron chi connectivity index (χ1n) is 7.96. The van der Waals surface area contributed by atoms with Crippen LogP contribution in [0.1, 0.15) is 38.7 Å². The van der Waals surface area contributed by atoms with Gasteiger partial charge in [0.15, 0.2) is 0 Å². The van der Waals surface area contributed by atoms with Gasteiger partial charge in [-0.15, -0.1) is 5.10 Å². The lowest BCUT2D eigenvalue weighted by molar-refractivity contribution is -0.425. The number of hydrogen-bond donors (Lipinski definition) is 1. The fourth-order valence-electron chi connectivity index (χ4n) is 2.35. The van der Waals surface area contributed by atoms with Crippen molar-refractivity contribution in [1.82, 2.24) is 14.8 Å². The van der Waals surface area contributed by atoms with E-state index in [0.29, 0.717) is 17.7 Å². The summed E-state index contributed by atoms with van der Waals surface area (Å²) in [5, 5.41) is 17.2. The Kier molecular flexibility index (Phi) is 6.72.